The molecule has 0 N–H and O–H groups in total. The molecule has 0 aromatic rings. The molecule has 0 aromatic carbocycles. The first-order valence-electron chi connectivity index (χ1n) is 8.35. The fourth-order valence-corrected chi connectivity index (χ4v) is 3.46. The first-order chi connectivity index (χ1) is 9.31. The third kappa shape index (κ3) is 3.97. The van der Waals surface area contributed by atoms with Crippen molar-refractivity contribution in [2.45, 2.75) is 65.9 Å². The van der Waals surface area contributed by atoms with Crippen LogP contribution in [0.5, 0.6) is 0 Å². The van der Waals surface area contributed by atoms with E-state index in [1.165, 1.54) is 49.9 Å². The molecule has 0 unspecified atom stereocenters. The maximum Gasteiger partial charge on any atom is 0.306 e. The zero-order valence-electron chi connectivity index (χ0n) is 13.8. The Balaban J connectivity index is 1.69. The largest absolute Gasteiger partial charge is 0.462 e. The van der Waals surface area contributed by atoms with Crippen LogP contribution in [0.3, 0.4) is 0 Å². The molecule has 3 heteroatoms. The fourth-order valence-electron chi connectivity index (χ4n) is 3.46. The van der Waals surface area contributed by atoms with Gasteiger partial charge in [0.05, 0.1) is 32.6 Å². The highest BCUT2D eigenvalue weighted by atomic mass is 16.5. The number of quaternary nitrogens is 1. The zero-order valence-corrected chi connectivity index (χ0v) is 13.8. The summed E-state index contributed by atoms with van der Waals surface area (Å²) in [5.41, 5.74) is 0.0339. The summed E-state index contributed by atoms with van der Waals surface area (Å²) in [4.78, 5) is 11.9. The molecule has 0 saturated carbocycles. The van der Waals surface area contributed by atoms with Gasteiger partial charge in [-0.3, -0.25) is 4.79 Å². The van der Waals surface area contributed by atoms with Crippen molar-refractivity contribution in [3.05, 3.63) is 0 Å². The van der Waals surface area contributed by atoms with Crippen LogP contribution < -0.4 is 0 Å². The number of hydrogen-bond donors (Lipinski definition) is 0. The molecular weight excluding hydrogens is 250 g/mol. The van der Waals surface area contributed by atoms with E-state index in [9.17, 15) is 4.79 Å². The Morgan fingerprint density at radius 2 is 1.75 bits per heavy atom. The Kier molecular flexibility index (Phi) is 4.78. The minimum atomic E-state index is -0.0162. The summed E-state index contributed by atoms with van der Waals surface area (Å²) in [5, 5.41) is 0. The number of rotatable bonds is 5. The van der Waals surface area contributed by atoms with Crippen LogP contribution >= 0.6 is 0 Å². The van der Waals surface area contributed by atoms with E-state index >= 15 is 0 Å². The smallest absolute Gasteiger partial charge is 0.306 e. The fraction of sp³-hybridized carbons (Fsp3) is 0.941. The number of carbonyl (C=O) groups is 1. The van der Waals surface area contributed by atoms with Gasteiger partial charge in [0, 0.05) is 6.42 Å². The van der Waals surface area contributed by atoms with Gasteiger partial charge in [-0.25, -0.2) is 0 Å². The summed E-state index contributed by atoms with van der Waals surface area (Å²) in [6.07, 6.45) is 5.79. The average molecular weight is 282 g/mol. The molecule has 116 valence electrons. The summed E-state index contributed by atoms with van der Waals surface area (Å²) in [5.74, 6) is 0.991. The Labute approximate surface area is 124 Å². The molecule has 0 radical (unpaired) electrons. The molecule has 3 aliphatic heterocycles. The van der Waals surface area contributed by atoms with Gasteiger partial charge in [-0.2, -0.15) is 0 Å². The average Bonchev–Trinajstić information content (AvgIpc) is 2.39. The zero-order chi connectivity index (χ0) is 14.8. The van der Waals surface area contributed by atoms with Gasteiger partial charge in [0.25, 0.3) is 0 Å². The van der Waals surface area contributed by atoms with Gasteiger partial charge in [-0.05, 0) is 37.5 Å². The van der Waals surface area contributed by atoms with Gasteiger partial charge in [-0.15, -0.1) is 0 Å². The molecule has 2 bridgehead atoms. The van der Waals surface area contributed by atoms with E-state index in [0.717, 1.165) is 12.3 Å². The molecule has 3 heterocycles. The molecule has 0 aromatic heterocycles. The van der Waals surface area contributed by atoms with Crippen LogP contribution in [0.1, 0.15) is 59.8 Å². The molecule has 3 nitrogen and oxygen atoms in total. The maximum absolute atomic E-state index is 11.9. The number of fused-ring (bicyclic) bond motifs is 3. The molecule has 3 saturated heterocycles. The second-order valence-corrected chi connectivity index (χ2v) is 8.07. The van der Waals surface area contributed by atoms with Crippen molar-refractivity contribution in [2.24, 2.45) is 11.3 Å². The van der Waals surface area contributed by atoms with Gasteiger partial charge < -0.3 is 9.22 Å². The highest BCUT2D eigenvalue weighted by molar-refractivity contribution is 5.69. The summed E-state index contributed by atoms with van der Waals surface area (Å²) >= 11 is 0. The normalized spacial score (nSPS) is 31.1. The van der Waals surface area contributed by atoms with E-state index in [1.54, 1.807) is 0 Å². The van der Waals surface area contributed by atoms with Gasteiger partial charge in [0.2, 0.25) is 0 Å². The number of nitrogens with zero attached hydrogens (tertiary/aromatic N) is 1. The molecule has 0 spiro atoms. The van der Waals surface area contributed by atoms with E-state index in [4.69, 9.17) is 4.74 Å². The lowest BCUT2D eigenvalue weighted by atomic mass is 9.85. The summed E-state index contributed by atoms with van der Waals surface area (Å²) in [6, 6.07) is 0. The van der Waals surface area contributed by atoms with Gasteiger partial charge >= 0.3 is 5.97 Å². The van der Waals surface area contributed by atoms with Crippen LogP contribution in [0.25, 0.3) is 0 Å². The Bertz CT molecular complexity index is 324. The second kappa shape index (κ2) is 6.05. The van der Waals surface area contributed by atoms with Gasteiger partial charge in [0.15, 0.2) is 0 Å². The molecule has 0 aliphatic carbocycles. The third-order valence-electron chi connectivity index (χ3n) is 5.58. The van der Waals surface area contributed by atoms with Crippen LogP contribution in [0.2, 0.25) is 0 Å². The lowest BCUT2D eigenvalue weighted by Crippen LogP contribution is -2.58. The molecule has 3 fully saturated rings. The Morgan fingerprint density at radius 1 is 1.20 bits per heavy atom. The third-order valence-corrected chi connectivity index (χ3v) is 5.58. The monoisotopic (exact) mass is 282 g/mol. The highest BCUT2D eigenvalue weighted by Gasteiger charge is 2.39. The Morgan fingerprint density at radius 3 is 2.25 bits per heavy atom. The van der Waals surface area contributed by atoms with Crippen molar-refractivity contribution >= 4 is 5.97 Å². The molecule has 3 aliphatic rings. The van der Waals surface area contributed by atoms with Crippen molar-refractivity contribution in [1.29, 1.82) is 0 Å². The van der Waals surface area contributed by atoms with E-state index in [1.807, 2.05) is 6.92 Å². The van der Waals surface area contributed by atoms with Crippen molar-refractivity contribution in [3.8, 4) is 0 Å². The van der Waals surface area contributed by atoms with Gasteiger partial charge in [-0.1, -0.05) is 20.8 Å². The molecule has 3 rings (SSSR count). The SMILES string of the molecule is C[C@@H](OC(=O)CCC[N+]12CCC(CC1)CC2)C(C)(C)C. The van der Waals surface area contributed by atoms with E-state index in [2.05, 4.69) is 20.8 Å². The summed E-state index contributed by atoms with van der Waals surface area (Å²) < 4.78 is 6.81. The second-order valence-electron chi connectivity index (χ2n) is 8.07. The van der Waals surface area contributed by atoms with E-state index in [0.29, 0.717) is 6.42 Å². The minimum Gasteiger partial charge on any atom is -0.462 e. The standard InChI is InChI=1S/C17H32NO2/c1-14(17(2,3)4)20-16(19)6-5-10-18-11-7-15(8-12-18)9-13-18/h14-15H,5-13H2,1-4H3/q+1/t14-,15?,18?/m1/s1. The molecule has 20 heavy (non-hydrogen) atoms. The number of ether oxygens (including phenoxy) is 1. The first-order valence-corrected chi connectivity index (χ1v) is 8.35. The van der Waals surface area contributed by atoms with Crippen molar-refractivity contribution < 1.29 is 14.0 Å². The van der Waals surface area contributed by atoms with E-state index < -0.39 is 0 Å². The number of piperidine rings is 3. The maximum atomic E-state index is 11.9. The first kappa shape index (κ1) is 15.8. The topological polar surface area (TPSA) is 26.3 Å². The van der Waals surface area contributed by atoms with Crippen LogP contribution in [0.15, 0.2) is 0 Å². The van der Waals surface area contributed by atoms with Crippen molar-refractivity contribution in [3.63, 3.8) is 0 Å². The van der Waals surface area contributed by atoms with Crippen molar-refractivity contribution in [2.75, 3.05) is 26.2 Å². The summed E-state index contributed by atoms with van der Waals surface area (Å²) in [6.45, 7) is 13.5. The van der Waals surface area contributed by atoms with Crippen molar-refractivity contribution in [1.82, 2.24) is 0 Å². The number of carbonyl (C=O) groups excluding carboxylic acids is 1. The van der Waals surface area contributed by atoms with Crippen LogP contribution in [-0.4, -0.2) is 42.7 Å². The lowest BCUT2D eigenvalue weighted by Gasteiger charge is -2.49. The predicted octanol–water partition coefficient (Wildman–Crippen LogP) is 3.37. The van der Waals surface area contributed by atoms with E-state index in [-0.39, 0.29) is 17.5 Å². The minimum absolute atomic E-state index is 0.00669. The highest BCUT2D eigenvalue weighted by Crippen LogP contribution is 2.33. The molecular formula is C17H32NO2+. The van der Waals surface area contributed by atoms with Crippen LogP contribution in [0, 0.1) is 11.3 Å². The molecule has 0 amide bonds. The number of hydrogen-bond acceptors (Lipinski definition) is 2. The van der Waals surface area contributed by atoms with Gasteiger partial charge in [0.1, 0.15) is 6.10 Å². The molecule has 1 atom stereocenters. The predicted molar refractivity (Wildman–Crippen MR) is 81.3 cm³/mol. The quantitative estimate of drug-likeness (QED) is 0.571. The lowest BCUT2D eigenvalue weighted by molar-refractivity contribution is -0.942. The number of esters is 1. The van der Waals surface area contributed by atoms with Crippen LogP contribution in [0.4, 0.5) is 0 Å². The van der Waals surface area contributed by atoms with Crippen LogP contribution in [-0.2, 0) is 9.53 Å². The summed E-state index contributed by atoms with van der Waals surface area (Å²) in [7, 11) is 0. The Hall–Kier alpha value is -0.570.